The number of carbonyl (C=O) groups excluding carboxylic acids is 2. The van der Waals surface area contributed by atoms with Crippen molar-refractivity contribution in [2.75, 3.05) is 43.5 Å². The van der Waals surface area contributed by atoms with E-state index in [1.807, 2.05) is 49.6 Å². The molecule has 0 aliphatic carbocycles. The van der Waals surface area contributed by atoms with E-state index in [1.165, 1.54) is 0 Å². The van der Waals surface area contributed by atoms with Crippen molar-refractivity contribution in [1.29, 1.82) is 0 Å². The highest BCUT2D eigenvalue weighted by Gasteiger charge is 2.26. The number of amides is 2. The average molecular weight is 582 g/mol. The molecule has 0 spiro atoms. The first kappa shape index (κ1) is 27.7. The number of pyridine rings is 1. The van der Waals surface area contributed by atoms with E-state index in [2.05, 4.69) is 47.6 Å². The lowest BCUT2D eigenvalue weighted by atomic mass is 9.96. The number of imide groups is 1. The van der Waals surface area contributed by atoms with Gasteiger partial charge in [0, 0.05) is 63.3 Å². The lowest BCUT2D eigenvalue weighted by Crippen LogP contribution is -2.38. The van der Waals surface area contributed by atoms with Gasteiger partial charge in [0.1, 0.15) is 0 Å². The normalized spacial score (nSPS) is 16.8. The van der Waals surface area contributed by atoms with Gasteiger partial charge < -0.3 is 15.1 Å². The van der Waals surface area contributed by atoms with Crippen molar-refractivity contribution < 1.29 is 9.59 Å². The van der Waals surface area contributed by atoms with Gasteiger partial charge in [0.05, 0.1) is 21.8 Å². The first-order chi connectivity index (χ1) is 20.4. The molecule has 214 valence electrons. The summed E-state index contributed by atoms with van der Waals surface area (Å²) in [6, 6.07) is 12.1. The van der Waals surface area contributed by atoms with Gasteiger partial charge in [-0.2, -0.15) is 0 Å². The molecule has 12 heteroatoms. The maximum Gasteiger partial charge on any atom is 0.290 e. The van der Waals surface area contributed by atoms with Crippen molar-refractivity contribution in [3.05, 3.63) is 71.2 Å². The fraction of sp³-hybridized carbons (Fsp3) is 0.300. The molecule has 1 aromatic carbocycles. The minimum Gasteiger partial charge on any atom is -0.347 e. The Morgan fingerprint density at radius 1 is 1.07 bits per heavy atom. The molecule has 4 aromatic rings. The zero-order valence-electron chi connectivity index (χ0n) is 23.4. The van der Waals surface area contributed by atoms with Crippen LogP contribution in [0.25, 0.3) is 28.2 Å². The molecule has 0 atom stereocenters. The number of rotatable bonds is 8. The molecule has 6 rings (SSSR count). The molecule has 0 saturated carbocycles. The predicted molar refractivity (Wildman–Crippen MR) is 165 cm³/mol. The Kier molecular flexibility index (Phi) is 8.06. The number of carbonyl (C=O) groups is 2. The second-order valence-corrected chi connectivity index (χ2v) is 11.6. The average Bonchev–Trinajstić information content (AvgIpc) is 3.33. The number of nitrogens with one attached hydrogen (secondary N) is 2. The minimum atomic E-state index is -0.388. The Balaban J connectivity index is 1.08. The van der Waals surface area contributed by atoms with Gasteiger partial charge >= 0.3 is 0 Å². The van der Waals surface area contributed by atoms with Crippen LogP contribution in [0.4, 0.5) is 16.7 Å². The smallest absolute Gasteiger partial charge is 0.290 e. The first-order valence-corrected chi connectivity index (χ1v) is 14.7. The number of piperidine rings is 1. The third-order valence-electron chi connectivity index (χ3n) is 7.35. The molecule has 42 heavy (non-hydrogen) atoms. The number of benzene rings is 1. The summed E-state index contributed by atoms with van der Waals surface area (Å²) >= 11 is 0.886. The standard InChI is InChI=1S/C30H31N9O2S/c1-38(2)28-33-17-22(18-34-28)26-21(13-20-5-3-4-6-24(20)36-26)16-31-15-19-8-11-39(12-9-19)29-32-10-7-23(35-29)14-25-27(40)37-30(41)42-25/h3-7,10,13-14,17-19,31H,8-9,11-12,15-16H2,1-2H3,(H,37,40,41). The van der Waals surface area contributed by atoms with Gasteiger partial charge in [0.15, 0.2) is 0 Å². The molecule has 5 heterocycles. The number of fused-ring (bicyclic) bond motifs is 1. The molecule has 2 fully saturated rings. The van der Waals surface area contributed by atoms with Gasteiger partial charge in [-0.15, -0.1) is 0 Å². The molecule has 0 bridgehead atoms. The highest BCUT2D eigenvalue weighted by atomic mass is 32.2. The number of hydrogen-bond donors (Lipinski definition) is 2. The third kappa shape index (κ3) is 6.24. The minimum absolute atomic E-state index is 0.345. The quantitative estimate of drug-likeness (QED) is 0.294. The van der Waals surface area contributed by atoms with Crippen molar-refractivity contribution in [3.8, 4) is 11.3 Å². The lowest BCUT2D eigenvalue weighted by molar-refractivity contribution is -0.115. The molecule has 0 radical (unpaired) electrons. The number of thioether (sulfide) groups is 1. The zero-order chi connectivity index (χ0) is 29.1. The Bertz CT molecular complexity index is 1650. The van der Waals surface area contributed by atoms with E-state index in [0.717, 1.165) is 72.0 Å². The zero-order valence-corrected chi connectivity index (χ0v) is 24.3. The summed E-state index contributed by atoms with van der Waals surface area (Å²) in [5, 5.41) is 6.68. The first-order valence-electron chi connectivity index (χ1n) is 13.8. The second kappa shape index (κ2) is 12.2. The molecular formula is C30H31N9O2S. The number of para-hydroxylation sites is 1. The third-order valence-corrected chi connectivity index (χ3v) is 8.16. The molecule has 3 aromatic heterocycles. The van der Waals surface area contributed by atoms with E-state index >= 15 is 0 Å². The van der Waals surface area contributed by atoms with Crippen LogP contribution in [-0.2, 0) is 11.3 Å². The Morgan fingerprint density at radius 3 is 2.60 bits per heavy atom. The van der Waals surface area contributed by atoms with Crippen LogP contribution in [0.2, 0.25) is 0 Å². The van der Waals surface area contributed by atoms with E-state index in [4.69, 9.17) is 4.98 Å². The fourth-order valence-corrected chi connectivity index (χ4v) is 5.78. The summed E-state index contributed by atoms with van der Waals surface area (Å²) in [6.07, 6.45) is 9.02. The van der Waals surface area contributed by atoms with Crippen molar-refractivity contribution in [2.24, 2.45) is 5.92 Å². The van der Waals surface area contributed by atoms with E-state index in [0.29, 0.717) is 35.0 Å². The number of nitrogens with zero attached hydrogens (tertiary/aromatic N) is 7. The van der Waals surface area contributed by atoms with Crippen molar-refractivity contribution in [1.82, 2.24) is 35.6 Å². The van der Waals surface area contributed by atoms with E-state index in [9.17, 15) is 9.59 Å². The largest absolute Gasteiger partial charge is 0.347 e. The maximum atomic E-state index is 11.9. The van der Waals surface area contributed by atoms with E-state index in [1.54, 1.807) is 18.3 Å². The molecule has 11 nitrogen and oxygen atoms in total. The molecule has 2 N–H and O–H groups in total. The highest BCUT2D eigenvalue weighted by Crippen LogP contribution is 2.28. The highest BCUT2D eigenvalue weighted by molar-refractivity contribution is 8.18. The molecule has 2 aliphatic rings. The number of hydrogen-bond acceptors (Lipinski definition) is 11. The lowest BCUT2D eigenvalue weighted by Gasteiger charge is -2.32. The van der Waals surface area contributed by atoms with Gasteiger partial charge in [0.25, 0.3) is 11.1 Å². The Labute approximate surface area is 247 Å². The maximum absolute atomic E-state index is 11.9. The molecule has 2 saturated heterocycles. The monoisotopic (exact) mass is 581 g/mol. The van der Waals surface area contributed by atoms with Gasteiger partial charge in [-0.3, -0.25) is 14.9 Å². The number of anilines is 2. The van der Waals surface area contributed by atoms with Crippen molar-refractivity contribution >= 4 is 51.8 Å². The molecule has 2 amide bonds. The van der Waals surface area contributed by atoms with E-state index < -0.39 is 0 Å². The van der Waals surface area contributed by atoms with Crippen LogP contribution < -0.4 is 20.4 Å². The van der Waals surface area contributed by atoms with Crippen molar-refractivity contribution in [2.45, 2.75) is 19.4 Å². The van der Waals surface area contributed by atoms with Crippen LogP contribution in [0, 0.1) is 5.92 Å². The molecule has 0 unspecified atom stereocenters. The van der Waals surface area contributed by atoms with Crippen LogP contribution >= 0.6 is 11.8 Å². The number of aromatic nitrogens is 5. The predicted octanol–water partition coefficient (Wildman–Crippen LogP) is 3.88. The summed E-state index contributed by atoms with van der Waals surface area (Å²) in [5.74, 6) is 1.44. The van der Waals surface area contributed by atoms with Gasteiger partial charge in [-0.05, 0) is 66.9 Å². The summed E-state index contributed by atoms with van der Waals surface area (Å²) in [5.41, 5.74) is 4.46. The van der Waals surface area contributed by atoms with Crippen LogP contribution in [0.3, 0.4) is 0 Å². The van der Waals surface area contributed by atoms with Crippen LogP contribution in [0.1, 0.15) is 24.1 Å². The summed E-state index contributed by atoms with van der Waals surface area (Å²) < 4.78 is 0. The Morgan fingerprint density at radius 2 is 1.86 bits per heavy atom. The second-order valence-electron chi connectivity index (χ2n) is 10.6. The van der Waals surface area contributed by atoms with Crippen LogP contribution in [0.5, 0.6) is 0 Å². The van der Waals surface area contributed by atoms with Gasteiger partial charge in [-0.25, -0.2) is 24.9 Å². The van der Waals surface area contributed by atoms with Crippen molar-refractivity contribution in [3.63, 3.8) is 0 Å². The molecular weight excluding hydrogens is 550 g/mol. The van der Waals surface area contributed by atoms with Gasteiger partial charge in [0.2, 0.25) is 11.9 Å². The summed E-state index contributed by atoms with van der Waals surface area (Å²) in [7, 11) is 3.85. The SMILES string of the molecule is CN(C)c1ncc(-c2nc3ccccc3cc2CNCC2CCN(c3nccc(C=C4SC(=O)NC4=O)n3)CC2)cn1. The van der Waals surface area contributed by atoms with Crippen LogP contribution in [-0.4, -0.2) is 69.8 Å². The summed E-state index contributed by atoms with van der Waals surface area (Å²) in [6.45, 7) is 3.27. The summed E-state index contributed by atoms with van der Waals surface area (Å²) in [4.78, 5) is 50.8. The van der Waals surface area contributed by atoms with Gasteiger partial charge in [-0.1, -0.05) is 18.2 Å². The topological polar surface area (TPSA) is 129 Å². The van der Waals surface area contributed by atoms with Crippen LogP contribution in [0.15, 0.2) is 59.9 Å². The fourth-order valence-electron chi connectivity index (χ4n) is 5.12. The Hall–Kier alpha value is -4.42. The molecule has 2 aliphatic heterocycles. The van der Waals surface area contributed by atoms with E-state index in [-0.39, 0.29) is 11.1 Å².